The SMILES string of the molecule is O=C(O)C1CN(Cc2cccnc2)CC12CCOCC2. The molecule has 2 saturated heterocycles. The van der Waals surface area contributed by atoms with E-state index in [0.717, 1.165) is 31.5 Å². The summed E-state index contributed by atoms with van der Waals surface area (Å²) in [5.41, 5.74) is 1.03. The van der Waals surface area contributed by atoms with Crippen LogP contribution in [0, 0.1) is 11.3 Å². The van der Waals surface area contributed by atoms with Gasteiger partial charge in [-0.2, -0.15) is 0 Å². The Kier molecular flexibility index (Phi) is 3.72. The van der Waals surface area contributed by atoms with E-state index in [2.05, 4.69) is 9.88 Å². The Labute approximate surface area is 118 Å². The minimum Gasteiger partial charge on any atom is -0.481 e. The Hall–Kier alpha value is -1.46. The van der Waals surface area contributed by atoms with Crippen molar-refractivity contribution in [3.8, 4) is 0 Å². The molecule has 0 radical (unpaired) electrons. The van der Waals surface area contributed by atoms with Gasteiger partial charge in [-0.3, -0.25) is 14.7 Å². The molecule has 1 aromatic rings. The van der Waals surface area contributed by atoms with Crippen LogP contribution in [0.1, 0.15) is 18.4 Å². The average Bonchev–Trinajstić information content (AvgIpc) is 2.79. The Morgan fingerprint density at radius 3 is 2.95 bits per heavy atom. The van der Waals surface area contributed by atoms with Crippen molar-refractivity contribution in [1.82, 2.24) is 9.88 Å². The first-order chi connectivity index (χ1) is 9.70. The highest BCUT2D eigenvalue weighted by molar-refractivity contribution is 5.72. The smallest absolute Gasteiger partial charge is 0.308 e. The molecule has 5 heteroatoms. The van der Waals surface area contributed by atoms with Gasteiger partial charge in [0.05, 0.1) is 5.92 Å². The van der Waals surface area contributed by atoms with Gasteiger partial charge in [0, 0.05) is 50.7 Å². The number of rotatable bonds is 3. The fourth-order valence-electron chi connectivity index (χ4n) is 3.57. The van der Waals surface area contributed by atoms with Gasteiger partial charge in [-0.1, -0.05) is 6.07 Å². The number of aliphatic carboxylic acids is 1. The molecule has 3 heterocycles. The summed E-state index contributed by atoms with van der Waals surface area (Å²) in [6.45, 7) is 3.63. The van der Waals surface area contributed by atoms with Crippen LogP contribution >= 0.6 is 0 Å². The van der Waals surface area contributed by atoms with E-state index in [1.807, 2.05) is 18.3 Å². The zero-order valence-electron chi connectivity index (χ0n) is 11.5. The highest BCUT2D eigenvalue weighted by Crippen LogP contribution is 2.44. The largest absolute Gasteiger partial charge is 0.481 e. The maximum atomic E-state index is 11.6. The first-order valence-electron chi connectivity index (χ1n) is 7.11. The van der Waals surface area contributed by atoms with E-state index in [0.29, 0.717) is 19.8 Å². The number of ether oxygens (including phenoxy) is 1. The van der Waals surface area contributed by atoms with E-state index < -0.39 is 5.97 Å². The van der Waals surface area contributed by atoms with Crippen LogP contribution in [-0.2, 0) is 16.1 Å². The first kappa shape index (κ1) is 13.5. The fourth-order valence-corrected chi connectivity index (χ4v) is 3.57. The number of likely N-dealkylation sites (tertiary alicyclic amines) is 1. The van der Waals surface area contributed by atoms with E-state index in [1.54, 1.807) is 6.20 Å². The summed E-state index contributed by atoms with van der Waals surface area (Å²) >= 11 is 0. The van der Waals surface area contributed by atoms with Crippen LogP contribution < -0.4 is 0 Å². The van der Waals surface area contributed by atoms with Gasteiger partial charge >= 0.3 is 5.97 Å². The summed E-state index contributed by atoms with van der Waals surface area (Å²) < 4.78 is 5.42. The Bertz CT molecular complexity index is 471. The highest BCUT2D eigenvalue weighted by atomic mass is 16.5. The predicted molar refractivity (Wildman–Crippen MR) is 73.1 cm³/mol. The fraction of sp³-hybridized carbons (Fsp3) is 0.600. The topological polar surface area (TPSA) is 62.7 Å². The molecule has 1 aromatic heterocycles. The van der Waals surface area contributed by atoms with Crippen molar-refractivity contribution in [3.63, 3.8) is 0 Å². The summed E-state index contributed by atoms with van der Waals surface area (Å²) in [7, 11) is 0. The number of carboxylic acids is 1. The molecule has 1 spiro atoms. The summed E-state index contributed by atoms with van der Waals surface area (Å²) in [6, 6.07) is 3.96. The monoisotopic (exact) mass is 276 g/mol. The van der Waals surface area contributed by atoms with Gasteiger partial charge in [-0.25, -0.2) is 0 Å². The Morgan fingerprint density at radius 1 is 1.50 bits per heavy atom. The van der Waals surface area contributed by atoms with E-state index in [9.17, 15) is 9.90 Å². The second-order valence-corrected chi connectivity index (χ2v) is 5.90. The normalized spacial score (nSPS) is 25.9. The molecule has 0 aromatic carbocycles. The number of aromatic nitrogens is 1. The number of hydrogen-bond acceptors (Lipinski definition) is 4. The van der Waals surface area contributed by atoms with Crippen molar-refractivity contribution >= 4 is 5.97 Å². The third-order valence-electron chi connectivity index (χ3n) is 4.63. The average molecular weight is 276 g/mol. The second kappa shape index (κ2) is 5.50. The lowest BCUT2D eigenvalue weighted by atomic mass is 9.72. The molecule has 0 saturated carbocycles. The lowest BCUT2D eigenvalue weighted by Crippen LogP contribution is -2.40. The van der Waals surface area contributed by atoms with Crippen LogP contribution in [0.3, 0.4) is 0 Å². The molecule has 1 N–H and O–H groups in total. The molecule has 108 valence electrons. The predicted octanol–water partition coefficient (Wildman–Crippen LogP) is 1.39. The zero-order chi connectivity index (χ0) is 14.0. The van der Waals surface area contributed by atoms with Crippen LogP contribution in [0.2, 0.25) is 0 Å². The molecule has 1 unspecified atom stereocenters. The van der Waals surface area contributed by atoms with Gasteiger partial charge in [0.15, 0.2) is 0 Å². The quantitative estimate of drug-likeness (QED) is 0.904. The van der Waals surface area contributed by atoms with Crippen LogP contribution in [0.15, 0.2) is 24.5 Å². The molecular weight excluding hydrogens is 256 g/mol. The van der Waals surface area contributed by atoms with Gasteiger partial charge < -0.3 is 9.84 Å². The number of nitrogens with zero attached hydrogens (tertiary/aromatic N) is 2. The summed E-state index contributed by atoms with van der Waals surface area (Å²) in [4.78, 5) is 18.0. The zero-order valence-corrected chi connectivity index (χ0v) is 11.5. The number of hydrogen-bond donors (Lipinski definition) is 1. The van der Waals surface area contributed by atoms with Crippen LogP contribution in [0.5, 0.6) is 0 Å². The van der Waals surface area contributed by atoms with Crippen molar-refractivity contribution in [2.24, 2.45) is 11.3 Å². The van der Waals surface area contributed by atoms with Gasteiger partial charge in [-0.05, 0) is 24.5 Å². The summed E-state index contributed by atoms with van der Waals surface area (Å²) in [5, 5.41) is 9.53. The molecule has 1 atom stereocenters. The third-order valence-corrected chi connectivity index (χ3v) is 4.63. The molecule has 2 aliphatic rings. The van der Waals surface area contributed by atoms with Crippen molar-refractivity contribution in [2.75, 3.05) is 26.3 Å². The lowest BCUT2D eigenvalue weighted by molar-refractivity contribution is -0.146. The van der Waals surface area contributed by atoms with Crippen molar-refractivity contribution in [2.45, 2.75) is 19.4 Å². The van der Waals surface area contributed by atoms with Gasteiger partial charge in [0.1, 0.15) is 0 Å². The van der Waals surface area contributed by atoms with Crippen molar-refractivity contribution in [1.29, 1.82) is 0 Å². The number of carbonyl (C=O) groups is 1. The van der Waals surface area contributed by atoms with Crippen LogP contribution in [0.4, 0.5) is 0 Å². The molecule has 0 bridgehead atoms. The number of pyridine rings is 1. The van der Waals surface area contributed by atoms with Gasteiger partial charge in [0.25, 0.3) is 0 Å². The minimum atomic E-state index is -0.666. The second-order valence-electron chi connectivity index (χ2n) is 5.90. The Balaban J connectivity index is 1.74. The van der Waals surface area contributed by atoms with Gasteiger partial charge in [-0.15, -0.1) is 0 Å². The summed E-state index contributed by atoms with van der Waals surface area (Å²) in [6.07, 6.45) is 5.32. The highest BCUT2D eigenvalue weighted by Gasteiger charge is 2.50. The molecule has 0 aliphatic carbocycles. The van der Waals surface area contributed by atoms with Crippen LogP contribution in [0.25, 0.3) is 0 Å². The van der Waals surface area contributed by atoms with E-state index >= 15 is 0 Å². The standard InChI is InChI=1S/C15H20N2O3/c18-14(19)13-10-17(9-12-2-1-5-16-8-12)11-15(13)3-6-20-7-4-15/h1-2,5,8,13H,3-4,6-7,9-11H2,(H,18,19). The molecule has 2 aliphatic heterocycles. The maximum absolute atomic E-state index is 11.6. The van der Waals surface area contributed by atoms with Crippen molar-refractivity contribution < 1.29 is 14.6 Å². The molecular formula is C15H20N2O3. The lowest BCUT2D eigenvalue weighted by Gasteiger charge is -2.36. The van der Waals surface area contributed by atoms with Crippen LogP contribution in [-0.4, -0.2) is 47.3 Å². The van der Waals surface area contributed by atoms with E-state index in [-0.39, 0.29) is 11.3 Å². The molecule has 2 fully saturated rings. The minimum absolute atomic E-state index is 0.105. The number of carboxylic acid groups (broad SMARTS) is 1. The molecule has 5 nitrogen and oxygen atoms in total. The van der Waals surface area contributed by atoms with E-state index in [1.165, 1.54) is 0 Å². The maximum Gasteiger partial charge on any atom is 0.308 e. The molecule has 0 amide bonds. The summed E-state index contributed by atoms with van der Waals surface area (Å²) in [5.74, 6) is -0.941. The molecule has 3 rings (SSSR count). The molecule has 20 heavy (non-hydrogen) atoms. The van der Waals surface area contributed by atoms with Gasteiger partial charge in [0.2, 0.25) is 0 Å². The van der Waals surface area contributed by atoms with Crippen molar-refractivity contribution in [3.05, 3.63) is 30.1 Å². The first-order valence-corrected chi connectivity index (χ1v) is 7.11. The van der Waals surface area contributed by atoms with E-state index in [4.69, 9.17) is 4.74 Å². The third kappa shape index (κ3) is 2.55. The Morgan fingerprint density at radius 2 is 2.30 bits per heavy atom.